The molecule has 1 N–H and O–H groups in total. The van der Waals surface area contributed by atoms with Crippen LogP contribution in [0.25, 0.3) is 0 Å². The van der Waals surface area contributed by atoms with Gasteiger partial charge in [0.05, 0.1) is 11.3 Å². The molecule has 19 heavy (non-hydrogen) atoms. The van der Waals surface area contributed by atoms with Crippen molar-refractivity contribution in [2.45, 2.75) is 6.18 Å². The predicted molar refractivity (Wildman–Crippen MR) is 71.2 cm³/mol. The molecule has 104 valence electrons. The zero-order chi connectivity index (χ0) is 13.6. The summed E-state index contributed by atoms with van der Waals surface area (Å²) in [5, 5.41) is 3.29. The number of halogens is 4. The first-order valence-corrected chi connectivity index (χ1v) is 7.07. The van der Waals surface area contributed by atoms with Crippen LogP contribution in [-0.2, 0) is 6.18 Å². The Morgan fingerprint density at radius 3 is 2.37 bits per heavy atom. The highest BCUT2D eigenvalue weighted by Gasteiger charge is 2.40. The highest BCUT2D eigenvalue weighted by molar-refractivity contribution is 9.10. The van der Waals surface area contributed by atoms with Crippen molar-refractivity contribution in [3.05, 3.63) is 28.2 Å². The van der Waals surface area contributed by atoms with Gasteiger partial charge < -0.3 is 10.2 Å². The zero-order valence-corrected chi connectivity index (χ0v) is 11.8. The van der Waals surface area contributed by atoms with Gasteiger partial charge in [-0.3, -0.25) is 0 Å². The van der Waals surface area contributed by atoms with Crippen LogP contribution in [0.2, 0.25) is 0 Å². The van der Waals surface area contributed by atoms with Crippen LogP contribution in [0.4, 0.5) is 18.9 Å². The summed E-state index contributed by atoms with van der Waals surface area (Å²) in [5.74, 6) is 0.945. The van der Waals surface area contributed by atoms with E-state index in [1.807, 2.05) is 4.90 Å². The Morgan fingerprint density at radius 1 is 1.16 bits per heavy atom. The molecule has 6 heteroatoms. The molecule has 2 heterocycles. The lowest BCUT2D eigenvalue weighted by molar-refractivity contribution is -0.137. The van der Waals surface area contributed by atoms with E-state index in [1.165, 1.54) is 6.07 Å². The standard InChI is InChI=1S/C13H14BrF3N2/c14-10-1-2-11(13(15,16)17)12(3-10)19-6-8-4-18-5-9(8)7-19/h1-3,8-9,18H,4-7H2. The monoisotopic (exact) mass is 334 g/mol. The molecule has 1 aromatic carbocycles. The third kappa shape index (κ3) is 2.48. The summed E-state index contributed by atoms with van der Waals surface area (Å²) in [4.78, 5) is 1.88. The molecule has 2 aliphatic rings. The second-order valence-electron chi connectivity index (χ2n) is 5.24. The summed E-state index contributed by atoms with van der Waals surface area (Å²) in [5.41, 5.74) is -0.236. The first-order valence-electron chi connectivity index (χ1n) is 6.27. The van der Waals surface area contributed by atoms with E-state index in [9.17, 15) is 13.2 Å². The molecule has 0 amide bonds. The third-order valence-electron chi connectivity index (χ3n) is 4.00. The van der Waals surface area contributed by atoms with Crippen molar-refractivity contribution < 1.29 is 13.2 Å². The number of alkyl halides is 3. The third-order valence-corrected chi connectivity index (χ3v) is 4.49. The fraction of sp³-hybridized carbons (Fsp3) is 0.538. The maximum absolute atomic E-state index is 13.1. The number of benzene rings is 1. The number of nitrogens with zero attached hydrogens (tertiary/aromatic N) is 1. The number of hydrogen-bond donors (Lipinski definition) is 1. The Balaban J connectivity index is 1.94. The summed E-state index contributed by atoms with van der Waals surface area (Å²) in [6, 6.07) is 4.19. The predicted octanol–water partition coefficient (Wildman–Crippen LogP) is 3.12. The van der Waals surface area contributed by atoms with Crippen LogP contribution >= 0.6 is 15.9 Å². The Morgan fingerprint density at radius 2 is 1.79 bits per heavy atom. The second-order valence-corrected chi connectivity index (χ2v) is 6.16. The van der Waals surface area contributed by atoms with Gasteiger partial charge in [-0.2, -0.15) is 13.2 Å². The summed E-state index contributed by atoms with van der Waals surface area (Å²) >= 11 is 3.27. The van der Waals surface area contributed by atoms with E-state index in [1.54, 1.807) is 6.07 Å². The number of anilines is 1. The quantitative estimate of drug-likeness (QED) is 0.848. The molecule has 3 rings (SSSR count). The van der Waals surface area contributed by atoms with Crippen LogP contribution in [0, 0.1) is 11.8 Å². The van der Waals surface area contributed by atoms with Crippen molar-refractivity contribution in [2.75, 3.05) is 31.1 Å². The summed E-state index contributed by atoms with van der Waals surface area (Å²) < 4.78 is 39.9. The Labute approximate surface area is 118 Å². The van der Waals surface area contributed by atoms with Crippen molar-refractivity contribution >= 4 is 21.6 Å². The molecular weight excluding hydrogens is 321 g/mol. The van der Waals surface area contributed by atoms with Crippen molar-refractivity contribution in [3.8, 4) is 0 Å². The molecule has 0 radical (unpaired) electrons. The minimum absolute atomic E-state index is 0.302. The summed E-state index contributed by atoms with van der Waals surface area (Å²) in [7, 11) is 0. The van der Waals surface area contributed by atoms with Crippen molar-refractivity contribution in [1.82, 2.24) is 5.32 Å². The van der Waals surface area contributed by atoms with Gasteiger partial charge in [0, 0.05) is 30.7 Å². The van der Waals surface area contributed by atoms with Gasteiger partial charge in [-0.05, 0) is 30.0 Å². The molecule has 0 saturated carbocycles. The highest BCUT2D eigenvalue weighted by atomic mass is 79.9. The summed E-state index contributed by atoms with van der Waals surface area (Å²) in [6.07, 6.45) is -4.30. The number of rotatable bonds is 1. The summed E-state index contributed by atoms with van der Waals surface area (Å²) in [6.45, 7) is 3.24. The maximum atomic E-state index is 13.1. The van der Waals surface area contributed by atoms with E-state index in [4.69, 9.17) is 0 Å². The molecule has 2 fully saturated rings. The first kappa shape index (κ1) is 13.2. The second kappa shape index (κ2) is 4.66. The Hall–Kier alpha value is -0.750. The smallest absolute Gasteiger partial charge is 0.370 e. The van der Waals surface area contributed by atoms with Crippen LogP contribution in [0.5, 0.6) is 0 Å². The van der Waals surface area contributed by atoms with Crippen molar-refractivity contribution in [2.24, 2.45) is 11.8 Å². The van der Waals surface area contributed by atoms with Gasteiger partial charge in [0.15, 0.2) is 0 Å². The average molecular weight is 335 g/mol. The van der Waals surface area contributed by atoms with Crippen LogP contribution in [0.15, 0.2) is 22.7 Å². The van der Waals surface area contributed by atoms with E-state index < -0.39 is 11.7 Å². The van der Waals surface area contributed by atoms with Gasteiger partial charge >= 0.3 is 6.18 Å². The lowest BCUT2D eigenvalue weighted by atomic mass is 10.0. The van der Waals surface area contributed by atoms with Gasteiger partial charge in [-0.1, -0.05) is 15.9 Å². The molecule has 2 unspecified atom stereocenters. The number of fused-ring (bicyclic) bond motifs is 1. The first-order chi connectivity index (χ1) is 8.95. The molecule has 0 bridgehead atoms. The van der Waals surface area contributed by atoms with E-state index in [2.05, 4.69) is 21.2 Å². The fourth-order valence-electron chi connectivity index (χ4n) is 3.06. The van der Waals surface area contributed by atoms with E-state index in [0.717, 1.165) is 19.2 Å². The van der Waals surface area contributed by atoms with Gasteiger partial charge in [-0.15, -0.1) is 0 Å². The van der Waals surface area contributed by atoms with Crippen LogP contribution in [-0.4, -0.2) is 26.2 Å². The van der Waals surface area contributed by atoms with Crippen molar-refractivity contribution in [3.63, 3.8) is 0 Å². The molecule has 1 aromatic rings. The van der Waals surface area contributed by atoms with Crippen LogP contribution in [0.3, 0.4) is 0 Å². The van der Waals surface area contributed by atoms with Gasteiger partial charge in [0.25, 0.3) is 0 Å². The molecule has 0 spiro atoms. The lowest BCUT2D eigenvalue weighted by Crippen LogP contribution is -2.27. The SMILES string of the molecule is FC(F)(F)c1ccc(Br)cc1N1CC2CNCC2C1. The lowest BCUT2D eigenvalue weighted by Gasteiger charge is -2.24. The molecule has 0 aromatic heterocycles. The molecule has 2 aliphatic heterocycles. The molecule has 0 aliphatic carbocycles. The minimum atomic E-state index is -4.30. The van der Waals surface area contributed by atoms with E-state index >= 15 is 0 Å². The van der Waals surface area contributed by atoms with E-state index in [-0.39, 0.29) is 0 Å². The van der Waals surface area contributed by atoms with Crippen LogP contribution in [0.1, 0.15) is 5.56 Å². The van der Waals surface area contributed by atoms with Gasteiger partial charge in [-0.25, -0.2) is 0 Å². The molecule has 2 nitrogen and oxygen atoms in total. The van der Waals surface area contributed by atoms with Crippen LogP contribution < -0.4 is 10.2 Å². The largest absolute Gasteiger partial charge is 0.418 e. The molecular formula is C13H14BrF3N2. The Bertz CT molecular complexity index is 477. The molecule has 2 saturated heterocycles. The maximum Gasteiger partial charge on any atom is 0.418 e. The Kier molecular flexibility index (Phi) is 3.25. The molecule has 2 atom stereocenters. The fourth-order valence-corrected chi connectivity index (χ4v) is 3.41. The minimum Gasteiger partial charge on any atom is -0.370 e. The zero-order valence-electron chi connectivity index (χ0n) is 10.2. The number of hydrogen-bond acceptors (Lipinski definition) is 2. The van der Waals surface area contributed by atoms with Crippen molar-refractivity contribution in [1.29, 1.82) is 0 Å². The highest BCUT2D eigenvalue weighted by Crippen LogP contribution is 2.41. The van der Waals surface area contributed by atoms with Gasteiger partial charge in [0.2, 0.25) is 0 Å². The topological polar surface area (TPSA) is 15.3 Å². The average Bonchev–Trinajstić information content (AvgIpc) is 2.86. The van der Waals surface area contributed by atoms with E-state index in [0.29, 0.717) is 35.1 Å². The number of nitrogens with one attached hydrogen (secondary N) is 1. The normalized spacial score (nSPS) is 26.8. The van der Waals surface area contributed by atoms with Gasteiger partial charge in [0.1, 0.15) is 0 Å².